The van der Waals surface area contributed by atoms with Crippen molar-refractivity contribution in [3.63, 3.8) is 0 Å². The molecule has 5 heteroatoms. The smallest absolute Gasteiger partial charge is 0.257 e. The van der Waals surface area contributed by atoms with Crippen LogP contribution in [0.25, 0.3) is 0 Å². The van der Waals surface area contributed by atoms with Crippen LogP contribution in [0.15, 0.2) is 18.2 Å². The first-order valence-electron chi connectivity index (χ1n) is 5.00. The summed E-state index contributed by atoms with van der Waals surface area (Å²) < 4.78 is 12.9. The molecule has 0 aromatic heterocycles. The molecule has 0 spiro atoms. The van der Waals surface area contributed by atoms with Crippen LogP contribution >= 0.6 is 0 Å². The van der Waals surface area contributed by atoms with Gasteiger partial charge in [0.25, 0.3) is 5.91 Å². The van der Waals surface area contributed by atoms with Crippen molar-refractivity contribution in [2.45, 2.75) is 6.42 Å². The molecule has 0 unspecified atom stereocenters. The lowest BCUT2D eigenvalue weighted by Crippen LogP contribution is -2.29. The molecule has 1 rings (SSSR count). The molecule has 0 aliphatic rings. The molecule has 0 atom stereocenters. The molecule has 0 fully saturated rings. The van der Waals surface area contributed by atoms with E-state index in [4.69, 9.17) is 5.73 Å². The van der Waals surface area contributed by atoms with E-state index in [0.29, 0.717) is 19.5 Å². The Labute approximate surface area is 93.5 Å². The van der Waals surface area contributed by atoms with Gasteiger partial charge < -0.3 is 15.7 Å². The van der Waals surface area contributed by atoms with E-state index in [9.17, 15) is 14.3 Å². The summed E-state index contributed by atoms with van der Waals surface area (Å²) >= 11 is 0. The standard InChI is InChI=1S/C11H15FN2O2/c1-14(6-2-5-13)11(16)9-7-8(12)3-4-10(9)15/h3-4,7,15H,2,5-6,13H2,1H3. The van der Waals surface area contributed by atoms with E-state index in [1.807, 2.05) is 0 Å². The molecule has 16 heavy (non-hydrogen) atoms. The second-order valence-corrected chi connectivity index (χ2v) is 3.53. The summed E-state index contributed by atoms with van der Waals surface area (Å²) in [5, 5.41) is 9.44. The Bertz CT molecular complexity index is 382. The Morgan fingerprint density at radius 2 is 2.25 bits per heavy atom. The van der Waals surface area contributed by atoms with Crippen molar-refractivity contribution in [1.29, 1.82) is 0 Å². The van der Waals surface area contributed by atoms with Crippen molar-refractivity contribution >= 4 is 5.91 Å². The fourth-order valence-corrected chi connectivity index (χ4v) is 1.32. The van der Waals surface area contributed by atoms with Gasteiger partial charge in [0.05, 0.1) is 5.56 Å². The Morgan fingerprint density at radius 3 is 2.88 bits per heavy atom. The number of carbonyl (C=O) groups is 1. The van der Waals surface area contributed by atoms with E-state index < -0.39 is 11.7 Å². The maximum absolute atomic E-state index is 12.9. The van der Waals surface area contributed by atoms with Crippen LogP contribution in [0.4, 0.5) is 4.39 Å². The van der Waals surface area contributed by atoms with Crippen LogP contribution in [-0.2, 0) is 0 Å². The number of halogens is 1. The third-order valence-electron chi connectivity index (χ3n) is 2.23. The van der Waals surface area contributed by atoms with E-state index in [1.165, 1.54) is 11.0 Å². The molecule has 0 heterocycles. The number of amides is 1. The minimum absolute atomic E-state index is 0.0282. The zero-order valence-electron chi connectivity index (χ0n) is 9.11. The van der Waals surface area contributed by atoms with Gasteiger partial charge in [0.1, 0.15) is 11.6 Å². The van der Waals surface area contributed by atoms with Crippen molar-refractivity contribution in [1.82, 2.24) is 4.90 Å². The van der Waals surface area contributed by atoms with Crippen LogP contribution in [0.3, 0.4) is 0 Å². The number of phenols is 1. The molecule has 3 N–H and O–H groups in total. The number of rotatable bonds is 4. The highest BCUT2D eigenvalue weighted by atomic mass is 19.1. The molecule has 0 saturated carbocycles. The second kappa shape index (κ2) is 5.46. The number of aromatic hydroxyl groups is 1. The molecule has 88 valence electrons. The van der Waals surface area contributed by atoms with Gasteiger partial charge in [-0.3, -0.25) is 4.79 Å². The first-order chi connectivity index (χ1) is 7.56. The van der Waals surface area contributed by atoms with Gasteiger partial charge in [-0.15, -0.1) is 0 Å². The summed E-state index contributed by atoms with van der Waals surface area (Å²) in [5.41, 5.74) is 5.29. The highest BCUT2D eigenvalue weighted by Gasteiger charge is 2.15. The van der Waals surface area contributed by atoms with E-state index in [-0.39, 0.29) is 11.3 Å². The molecule has 1 aromatic rings. The normalized spacial score (nSPS) is 10.2. The Morgan fingerprint density at radius 1 is 1.56 bits per heavy atom. The summed E-state index contributed by atoms with van der Waals surface area (Å²) in [4.78, 5) is 13.2. The monoisotopic (exact) mass is 226 g/mol. The van der Waals surface area contributed by atoms with Gasteiger partial charge in [-0.05, 0) is 31.2 Å². The molecule has 1 aromatic carbocycles. The quantitative estimate of drug-likeness (QED) is 0.803. The van der Waals surface area contributed by atoms with Crippen molar-refractivity contribution in [3.05, 3.63) is 29.6 Å². The van der Waals surface area contributed by atoms with Crippen molar-refractivity contribution in [3.8, 4) is 5.75 Å². The minimum atomic E-state index is -0.548. The average Bonchev–Trinajstić information content (AvgIpc) is 2.28. The molecular weight excluding hydrogens is 211 g/mol. The van der Waals surface area contributed by atoms with Gasteiger partial charge in [-0.2, -0.15) is 0 Å². The van der Waals surface area contributed by atoms with Crippen molar-refractivity contribution in [2.24, 2.45) is 5.73 Å². The number of carbonyl (C=O) groups excluding carboxylic acids is 1. The molecule has 0 aliphatic heterocycles. The van der Waals surface area contributed by atoms with Crippen LogP contribution < -0.4 is 5.73 Å². The fourth-order valence-electron chi connectivity index (χ4n) is 1.32. The third-order valence-corrected chi connectivity index (χ3v) is 2.23. The Kier molecular flexibility index (Phi) is 4.25. The molecule has 0 aliphatic carbocycles. The predicted octanol–water partition coefficient (Wildman–Crippen LogP) is 0.952. The number of benzene rings is 1. The topological polar surface area (TPSA) is 66.6 Å². The van der Waals surface area contributed by atoms with Crippen LogP contribution in [0.1, 0.15) is 16.8 Å². The van der Waals surface area contributed by atoms with E-state index in [1.54, 1.807) is 7.05 Å². The third kappa shape index (κ3) is 2.93. The Balaban J connectivity index is 2.83. The summed E-state index contributed by atoms with van der Waals surface area (Å²) in [6.45, 7) is 0.956. The molecule has 1 amide bonds. The largest absolute Gasteiger partial charge is 0.507 e. The van der Waals surface area contributed by atoms with Crippen LogP contribution in [0.5, 0.6) is 5.75 Å². The summed E-state index contributed by atoms with van der Waals surface area (Å²) in [6, 6.07) is 3.29. The number of phenolic OH excluding ortho intramolecular Hbond substituents is 1. The Hall–Kier alpha value is -1.62. The van der Waals surface area contributed by atoms with E-state index in [0.717, 1.165) is 12.1 Å². The maximum Gasteiger partial charge on any atom is 0.257 e. The number of hydrogen-bond acceptors (Lipinski definition) is 3. The first kappa shape index (κ1) is 12.4. The van der Waals surface area contributed by atoms with Crippen molar-refractivity contribution in [2.75, 3.05) is 20.1 Å². The zero-order valence-corrected chi connectivity index (χ0v) is 9.11. The number of hydrogen-bond donors (Lipinski definition) is 2. The lowest BCUT2D eigenvalue weighted by atomic mass is 10.1. The minimum Gasteiger partial charge on any atom is -0.507 e. The molecule has 0 saturated heterocycles. The summed E-state index contributed by atoms with van der Waals surface area (Å²) in [5.74, 6) is -1.18. The van der Waals surface area contributed by atoms with Crippen molar-refractivity contribution < 1.29 is 14.3 Å². The predicted molar refractivity (Wildman–Crippen MR) is 58.7 cm³/mol. The van der Waals surface area contributed by atoms with E-state index >= 15 is 0 Å². The lowest BCUT2D eigenvalue weighted by Gasteiger charge is -2.17. The van der Waals surface area contributed by atoms with Gasteiger partial charge in [0.15, 0.2) is 0 Å². The summed E-state index contributed by atoms with van der Waals surface area (Å²) in [7, 11) is 1.59. The second-order valence-electron chi connectivity index (χ2n) is 3.53. The molecule has 0 radical (unpaired) electrons. The molecule has 0 bridgehead atoms. The highest BCUT2D eigenvalue weighted by Crippen LogP contribution is 2.19. The summed E-state index contributed by atoms with van der Waals surface area (Å²) in [6.07, 6.45) is 0.665. The van der Waals surface area contributed by atoms with Crippen LogP contribution in [-0.4, -0.2) is 36.1 Å². The number of nitrogens with zero attached hydrogens (tertiary/aromatic N) is 1. The average molecular weight is 226 g/mol. The van der Waals surface area contributed by atoms with Gasteiger partial charge in [-0.1, -0.05) is 0 Å². The van der Waals surface area contributed by atoms with Gasteiger partial charge in [0.2, 0.25) is 0 Å². The van der Waals surface area contributed by atoms with Gasteiger partial charge >= 0.3 is 0 Å². The number of nitrogens with two attached hydrogens (primary N) is 1. The molecular formula is C11H15FN2O2. The van der Waals surface area contributed by atoms with Crippen LogP contribution in [0.2, 0.25) is 0 Å². The lowest BCUT2D eigenvalue weighted by molar-refractivity contribution is 0.0791. The fraction of sp³-hybridized carbons (Fsp3) is 0.364. The first-order valence-corrected chi connectivity index (χ1v) is 5.00. The maximum atomic E-state index is 12.9. The zero-order chi connectivity index (χ0) is 12.1. The SMILES string of the molecule is CN(CCCN)C(=O)c1cc(F)ccc1O. The molecule has 4 nitrogen and oxygen atoms in total. The van der Waals surface area contributed by atoms with Crippen LogP contribution in [0, 0.1) is 5.82 Å². The van der Waals surface area contributed by atoms with Gasteiger partial charge in [0, 0.05) is 13.6 Å². The van der Waals surface area contributed by atoms with Gasteiger partial charge in [-0.25, -0.2) is 4.39 Å². The van der Waals surface area contributed by atoms with E-state index in [2.05, 4.69) is 0 Å². The highest BCUT2D eigenvalue weighted by molar-refractivity contribution is 5.96.